The Kier molecular flexibility index (Phi) is 7.88. The van der Waals surface area contributed by atoms with E-state index in [0.29, 0.717) is 25.9 Å². The van der Waals surface area contributed by atoms with Gasteiger partial charge < -0.3 is 10.6 Å². The largest absolute Gasteiger partial charge is 0.338 e. The van der Waals surface area contributed by atoms with Crippen LogP contribution in [-0.4, -0.2) is 23.9 Å². The second kappa shape index (κ2) is 9.48. The van der Waals surface area contributed by atoms with E-state index in [-0.39, 0.29) is 11.7 Å². The van der Waals surface area contributed by atoms with Gasteiger partial charge in [-0.1, -0.05) is 31.9 Å². The van der Waals surface area contributed by atoms with Crippen LogP contribution in [0.4, 0.5) is 4.39 Å². The van der Waals surface area contributed by atoms with E-state index in [1.165, 1.54) is 12.1 Å². The van der Waals surface area contributed by atoms with Crippen molar-refractivity contribution in [2.75, 3.05) is 13.1 Å². The molecule has 0 aliphatic heterocycles. The summed E-state index contributed by atoms with van der Waals surface area (Å²) in [5.74, 6) is -0.114. The molecule has 3 nitrogen and oxygen atoms in total. The van der Waals surface area contributed by atoms with Gasteiger partial charge in [-0.25, -0.2) is 4.39 Å². The Labute approximate surface area is 121 Å². The van der Waals surface area contributed by atoms with Crippen LogP contribution in [0.2, 0.25) is 0 Å². The molecule has 2 N–H and O–H groups in total. The van der Waals surface area contributed by atoms with Crippen molar-refractivity contribution >= 4 is 5.91 Å². The van der Waals surface area contributed by atoms with Crippen LogP contribution in [0.15, 0.2) is 24.3 Å². The summed E-state index contributed by atoms with van der Waals surface area (Å²) in [6.45, 7) is 3.98. The van der Waals surface area contributed by atoms with Crippen molar-refractivity contribution in [3.63, 3.8) is 0 Å². The first kappa shape index (κ1) is 16.6. The molecule has 0 fully saturated rings. The summed E-state index contributed by atoms with van der Waals surface area (Å²) in [6, 6.07) is 6.34. The van der Waals surface area contributed by atoms with Crippen molar-refractivity contribution in [3.05, 3.63) is 35.6 Å². The van der Waals surface area contributed by atoms with E-state index in [0.717, 1.165) is 31.4 Å². The lowest BCUT2D eigenvalue weighted by Crippen LogP contribution is -2.31. The highest BCUT2D eigenvalue weighted by molar-refractivity contribution is 5.76. The molecule has 0 spiro atoms. The summed E-state index contributed by atoms with van der Waals surface area (Å²) >= 11 is 0. The molecule has 20 heavy (non-hydrogen) atoms. The molecule has 1 aromatic carbocycles. The van der Waals surface area contributed by atoms with Gasteiger partial charge in [0.2, 0.25) is 5.91 Å². The fourth-order valence-electron chi connectivity index (χ4n) is 2.07. The molecule has 0 aromatic heterocycles. The van der Waals surface area contributed by atoms with Crippen molar-refractivity contribution in [1.82, 2.24) is 4.90 Å². The molecule has 1 amide bonds. The average molecular weight is 280 g/mol. The molecule has 0 saturated carbocycles. The predicted octanol–water partition coefficient (Wildman–Crippen LogP) is 3.08. The summed E-state index contributed by atoms with van der Waals surface area (Å²) in [5.41, 5.74) is 6.42. The summed E-state index contributed by atoms with van der Waals surface area (Å²) in [5, 5.41) is 0. The summed E-state index contributed by atoms with van der Waals surface area (Å²) in [4.78, 5) is 14.0. The molecule has 0 unspecified atom stereocenters. The summed E-state index contributed by atoms with van der Waals surface area (Å²) < 4.78 is 12.9. The van der Waals surface area contributed by atoms with Gasteiger partial charge in [0.25, 0.3) is 0 Å². The number of nitrogens with zero attached hydrogens (tertiary/aromatic N) is 1. The molecule has 0 saturated heterocycles. The van der Waals surface area contributed by atoms with Gasteiger partial charge in [0, 0.05) is 19.5 Å². The molecule has 112 valence electrons. The van der Waals surface area contributed by atoms with Crippen LogP contribution >= 0.6 is 0 Å². The molecule has 0 aliphatic rings. The Hall–Kier alpha value is -1.42. The first-order valence-electron chi connectivity index (χ1n) is 7.39. The van der Waals surface area contributed by atoms with Crippen molar-refractivity contribution in [3.8, 4) is 0 Å². The number of unbranched alkanes of at least 4 members (excludes halogenated alkanes) is 2. The Morgan fingerprint density at radius 1 is 1.20 bits per heavy atom. The molecule has 1 rings (SSSR count). The highest BCUT2D eigenvalue weighted by Gasteiger charge is 2.13. The zero-order chi connectivity index (χ0) is 14.8. The molecule has 1 aromatic rings. The van der Waals surface area contributed by atoms with E-state index in [1.807, 2.05) is 4.90 Å². The van der Waals surface area contributed by atoms with E-state index >= 15 is 0 Å². The average Bonchev–Trinajstić information content (AvgIpc) is 2.46. The number of rotatable bonds is 9. The van der Waals surface area contributed by atoms with E-state index in [4.69, 9.17) is 5.73 Å². The monoisotopic (exact) mass is 280 g/mol. The van der Waals surface area contributed by atoms with E-state index in [2.05, 4.69) is 6.92 Å². The molecular weight excluding hydrogens is 255 g/mol. The van der Waals surface area contributed by atoms with Gasteiger partial charge in [0.15, 0.2) is 0 Å². The maximum Gasteiger partial charge on any atom is 0.222 e. The maximum atomic E-state index is 12.9. The number of halogens is 1. The lowest BCUT2D eigenvalue weighted by Gasteiger charge is -2.23. The molecule has 0 aliphatic carbocycles. The number of nitrogens with two attached hydrogens (primary N) is 1. The number of carbonyl (C=O) groups excluding carboxylic acids is 1. The maximum absolute atomic E-state index is 12.9. The number of amides is 1. The molecule has 0 heterocycles. The summed E-state index contributed by atoms with van der Waals surface area (Å²) in [6.07, 6.45) is 4.45. The topological polar surface area (TPSA) is 46.3 Å². The van der Waals surface area contributed by atoms with Gasteiger partial charge in [0.1, 0.15) is 5.82 Å². The Morgan fingerprint density at radius 3 is 2.50 bits per heavy atom. The van der Waals surface area contributed by atoms with E-state index < -0.39 is 0 Å². The van der Waals surface area contributed by atoms with Crippen LogP contribution in [0, 0.1) is 5.82 Å². The lowest BCUT2D eigenvalue weighted by molar-refractivity contribution is -0.132. The Bertz CT molecular complexity index is 392. The minimum Gasteiger partial charge on any atom is -0.338 e. The second-order valence-electron chi connectivity index (χ2n) is 5.04. The van der Waals surface area contributed by atoms with Crippen molar-refractivity contribution in [2.24, 2.45) is 5.73 Å². The van der Waals surface area contributed by atoms with E-state index in [1.54, 1.807) is 12.1 Å². The zero-order valence-electron chi connectivity index (χ0n) is 12.3. The number of benzene rings is 1. The highest BCUT2D eigenvalue weighted by atomic mass is 19.1. The Balaban J connectivity index is 2.60. The van der Waals surface area contributed by atoms with Gasteiger partial charge in [-0.2, -0.15) is 0 Å². The van der Waals surface area contributed by atoms with Crippen LogP contribution in [0.25, 0.3) is 0 Å². The molecular formula is C16H25FN2O. The third-order valence-corrected chi connectivity index (χ3v) is 3.27. The second-order valence-corrected chi connectivity index (χ2v) is 5.04. The van der Waals surface area contributed by atoms with Crippen molar-refractivity contribution < 1.29 is 9.18 Å². The fourth-order valence-corrected chi connectivity index (χ4v) is 2.07. The van der Waals surface area contributed by atoms with E-state index in [9.17, 15) is 9.18 Å². The molecule has 0 atom stereocenters. The minimum atomic E-state index is -0.249. The normalized spacial score (nSPS) is 10.6. The minimum absolute atomic E-state index is 0.135. The third kappa shape index (κ3) is 6.15. The smallest absolute Gasteiger partial charge is 0.222 e. The molecule has 4 heteroatoms. The first-order chi connectivity index (χ1) is 9.67. The van der Waals surface area contributed by atoms with Gasteiger partial charge >= 0.3 is 0 Å². The van der Waals surface area contributed by atoms with Crippen molar-refractivity contribution in [2.45, 2.75) is 45.6 Å². The first-order valence-corrected chi connectivity index (χ1v) is 7.39. The molecule has 0 radical (unpaired) electrons. The zero-order valence-corrected chi connectivity index (χ0v) is 12.3. The Morgan fingerprint density at radius 2 is 1.90 bits per heavy atom. The molecule has 0 bridgehead atoms. The van der Waals surface area contributed by atoms with Crippen LogP contribution in [-0.2, 0) is 11.3 Å². The van der Waals surface area contributed by atoms with Crippen LogP contribution < -0.4 is 5.73 Å². The van der Waals surface area contributed by atoms with Gasteiger partial charge in [-0.15, -0.1) is 0 Å². The van der Waals surface area contributed by atoms with Gasteiger partial charge in [0.05, 0.1) is 0 Å². The third-order valence-electron chi connectivity index (χ3n) is 3.27. The van der Waals surface area contributed by atoms with Gasteiger partial charge in [-0.3, -0.25) is 4.79 Å². The number of hydrogen-bond donors (Lipinski definition) is 1. The number of carbonyl (C=O) groups is 1. The van der Waals surface area contributed by atoms with Gasteiger partial charge in [-0.05, 0) is 37.1 Å². The lowest BCUT2D eigenvalue weighted by atomic mass is 10.1. The quantitative estimate of drug-likeness (QED) is 0.707. The predicted molar refractivity (Wildman–Crippen MR) is 79.6 cm³/mol. The summed E-state index contributed by atoms with van der Waals surface area (Å²) in [7, 11) is 0. The highest BCUT2D eigenvalue weighted by Crippen LogP contribution is 2.10. The van der Waals surface area contributed by atoms with Crippen LogP contribution in [0.3, 0.4) is 0 Å². The van der Waals surface area contributed by atoms with Crippen LogP contribution in [0.5, 0.6) is 0 Å². The van der Waals surface area contributed by atoms with Crippen LogP contribution in [0.1, 0.15) is 44.6 Å². The number of hydrogen-bond acceptors (Lipinski definition) is 2. The standard InChI is InChI=1S/C16H25FN2O/c1-2-3-4-12-19(16(20)6-5-11-18)13-14-7-9-15(17)10-8-14/h7-10H,2-6,11-13,18H2,1H3. The SMILES string of the molecule is CCCCCN(Cc1ccc(F)cc1)C(=O)CCCN. The fraction of sp³-hybridized carbons (Fsp3) is 0.562. The van der Waals surface area contributed by atoms with Crippen molar-refractivity contribution in [1.29, 1.82) is 0 Å².